The van der Waals surface area contributed by atoms with Crippen LogP contribution in [0.4, 0.5) is 0 Å². The van der Waals surface area contributed by atoms with Crippen LogP contribution in [-0.2, 0) is 4.74 Å². The number of piperazine rings is 1. The zero-order chi connectivity index (χ0) is 20.0. The molecule has 1 aliphatic heterocycles. The Hall–Kier alpha value is -0.900. The zero-order valence-electron chi connectivity index (χ0n) is 18.4. The molecule has 1 saturated heterocycles. The van der Waals surface area contributed by atoms with Gasteiger partial charge < -0.3 is 20.3 Å². The molecular weight excluding hydrogens is 477 g/mol. The molecule has 1 aliphatic rings. The van der Waals surface area contributed by atoms with E-state index in [0.29, 0.717) is 6.04 Å². The normalized spacial score (nSPS) is 18.3. The first-order chi connectivity index (χ1) is 13.7. The molecule has 1 atom stereocenters. The molecule has 29 heavy (non-hydrogen) atoms. The quantitative estimate of drug-likeness (QED) is 0.205. The highest BCUT2D eigenvalue weighted by Gasteiger charge is 2.25. The van der Waals surface area contributed by atoms with E-state index >= 15 is 0 Å². The molecule has 0 spiro atoms. The van der Waals surface area contributed by atoms with Crippen LogP contribution in [0.5, 0.6) is 0 Å². The Morgan fingerprint density at radius 2 is 1.93 bits per heavy atom. The van der Waals surface area contributed by atoms with Gasteiger partial charge in [0.15, 0.2) is 5.96 Å². The average Bonchev–Trinajstić information content (AvgIpc) is 2.72. The molecule has 0 bridgehead atoms. The van der Waals surface area contributed by atoms with Crippen LogP contribution in [0.15, 0.2) is 35.3 Å². The van der Waals surface area contributed by atoms with Crippen molar-refractivity contribution in [2.45, 2.75) is 32.7 Å². The number of ether oxygens (including phenoxy) is 1. The number of nitrogens with zero attached hydrogens (tertiary/aromatic N) is 3. The van der Waals surface area contributed by atoms with Crippen LogP contribution in [0.1, 0.15) is 38.3 Å². The Balaban J connectivity index is 0.00000420. The van der Waals surface area contributed by atoms with Crippen LogP contribution in [-0.4, -0.2) is 81.8 Å². The van der Waals surface area contributed by atoms with Gasteiger partial charge >= 0.3 is 0 Å². The summed E-state index contributed by atoms with van der Waals surface area (Å²) in [6.45, 7) is 12.8. The second kappa shape index (κ2) is 15.9. The first kappa shape index (κ1) is 26.1. The third-order valence-corrected chi connectivity index (χ3v) is 5.06. The Kier molecular flexibility index (Phi) is 14.3. The molecule has 1 unspecified atom stereocenters. The van der Waals surface area contributed by atoms with Crippen molar-refractivity contribution in [3.63, 3.8) is 0 Å². The fraction of sp³-hybridized carbons (Fsp3) is 0.682. The highest BCUT2D eigenvalue weighted by Crippen LogP contribution is 2.24. The fourth-order valence-electron chi connectivity index (χ4n) is 3.55. The van der Waals surface area contributed by atoms with E-state index < -0.39 is 0 Å². The standard InChI is InChI=1S/C22H39N5O.HI/c1-4-23-22(25-14-10-18-28-5-2)24-13-9-15-27-17-16-26(3)19-21(27)20-11-7-6-8-12-20;/h6-8,11-12,21H,4-5,9-10,13-19H2,1-3H3,(H2,23,24,25);1H. The SMILES string of the molecule is CCNC(=NCCCOCC)NCCCN1CCN(C)CC1c1ccccc1.I. The maximum absolute atomic E-state index is 5.38. The van der Waals surface area contributed by atoms with Crippen LogP contribution < -0.4 is 10.6 Å². The lowest BCUT2D eigenvalue weighted by Crippen LogP contribution is -2.47. The summed E-state index contributed by atoms with van der Waals surface area (Å²) in [4.78, 5) is 9.70. The topological polar surface area (TPSA) is 52.1 Å². The van der Waals surface area contributed by atoms with Gasteiger partial charge in [0.2, 0.25) is 0 Å². The number of aliphatic imine (C=N–C) groups is 1. The lowest BCUT2D eigenvalue weighted by Gasteiger charge is -2.40. The van der Waals surface area contributed by atoms with Crippen molar-refractivity contribution in [2.24, 2.45) is 4.99 Å². The van der Waals surface area contributed by atoms with Gasteiger partial charge in [0.05, 0.1) is 0 Å². The van der Waals surface area contributed by atoms with Crippen molar-refractivity contribution in [1.29, 1.82) is 0 Å². The largest absolute Gasteiger partial charge is 0.382 e. The van der Waals surface area contributed by atoms with Crippen molar-refractivity contribution in [3.05, 3.63) is 35.9 Å². The molecule has 0 aromatic heterocycles. The van der Waals surface area contributed by atoms with Gasteiger partial charge in [-0.2, -0.15) is 0 Å². The van der Waals surface area contributed by atoms with Gasteiger partial charge in [0.1, 0.15) is 0 Å². The van der Waals surface area contributed by atoms with E-state index in [1.807, 2.05) is 6.92 Å². The molecule has 1 heterocycles. The lowest BCUT2D eigenvalue weighted by molar-refractivity contribution is 0.0891. The van der Waals surface area contributed by atoms with E-state index in [4.69, 9.17) is 4.74 Å². The van der Waals surface area contributed by atoms with E-state index in [1.54, 1.807) is 0 Å². The summed E-state index contributed by atoms with van der Waals surface area (Å²) in [5.74, 6) is 0.914. The van der Waals surface area contributed by atoms with Gasteiger partial charge in [-0.1, -0.05) is 30.3 Å². The number of rotatable bonds is 11. The number of halogens is 1. The predicted molar refractivity (Wildman–Crippen MR) is 133 cm³/mol. The molecule has 2 rings (SSSR count). The van der Waals surface area contributed by atoms with Crippen molar-refractivity contribution in [3.8, 4) is 0 Å². The average molecular weight is 518 g/mol. The molecule has 1 fully saturated rings. The molecular formula is C22H40IN5O. The molecule has 1 aromatic carbocycles. The summed E-state index contributed by atoms with van der Waals surface area (Å²) < 4.78 is 5.38. The minimum absolute atomic E-state index is 0. The molecule has 1 aromatic rings. The summed E-state index contributed by atoms with van der Waals surface area (Å²) in [7, 11) is 2.22. The van der Waals surface area contributed by atoms with Crippen LogP contribution in [0.3, 0.4) is 0 Å². The minimum atomic E-state index is 0. The summed E-state index contributed by atoms with van der Waals surface area (Å²) in [5.41, 5.74) is 1.42. The van der Waals surface area contributed by atoms with E-state index in [1.165, 1.54) is 5.56 Å². The van der Waals surface area contributed by atoms with Crippen molar-refractivity contribution < 1.29 is 4.74 Å². The molecule has 7 heteroatoms. The van der Waals surface area contributed by atoms with Gasteiger partial charge in [-0.05, 0) is 39.3 Å². The number of hydrogen-bond donors (Lipinski definition) is 2. The monoisotopic (exact) mass is 517 g/mol. The zero-order valence-corrected chi connectivity index (χ0v) is 20.7. The predicted octanol–water partition coefficient (Wildman–Crippen LogP) is 2.96. The Bertz CT molecular complexity index is 557. The van der Waals surface area contributed by atoms with Crippen LogP contribution >= 0.6 is 24.0 Å². The third kappa shape index (κ3) is 10.1. The molecule has 6 nitrogen and oxygen atoms in total. The lowest BCUT2D eigenvalue weighted by atomic mass is 10.0. The van der Waals surface area contributed by atoms with Crippen LogP contribution in [0, 0.1) is 0 Å². The highest BCUT2D eigenvalue weighted by atomic mass is 127. The van der Waals surface area contributed by atoms with Gasteiger partial charge in [-0.15, -0.1) is 24.0 Å². The fourth-order valence-corrected chi connectivity index (χ4v) is 3.55. The second-order valence-electron chi connectivity index (χ2n) is 7.32. The highest BCUT2D eigenvalue weighted by molar-refractivity contribution is 14.0. The van der Waals surface area contributed by atoms with E-state index in [-0.39, 0.29) is 24.0 Å². The molecule has 2 N–H and O–H groups in total. The van der Waals surface area contributed by atoms with Gasteiger partial charge in [0.25, 0.3) is 0 Å². The van der Waals surface area contributed by atoms with Crippen molar-refractivity contribution in [2.75, 3.05) is 66.1 Å². The number of hydrogen-bond acceptors (Lipinski definition) is 4. The smallest absolute Gasteiger partial charge is 0.191 e. The molecule has 0 aliphatic carbocycles. The van der Waals surface area contributed by atoms with Crippen molar-refractivity contribution >= 4 is 29.9 Å². The summed E-state index contributed by atoms with van der Waals surface area (Å²) in [6.07, 6.45) is 2.07. The van der Waals surface area contributed by atoms with Crippen LogP contribution in [0.25, 0.3) is 0 Å². The Morgan fingerprint density at radius 3 is 2.66 bits per heavy atom. The Morgan fingerprint density at radius 1 is 1.14 bits per heavy atom. The molecule has 166 valence electrons. The number of guanidine groups is 1. The molecule has 0 radical (unpaired) electrons. The number of benzene rings is 1. The maximum atomic E-state index is 5.38. The first-order valence-corrected chi connectivity index (χ1v) is 10.8. The van der Waals surface area contributed by atoms with E-state index in [9.17, 15) is 0 Å². The molecule has 0 saturated carbocycles. The maximum Gasteiger partial charge on any atom is 0.191 e. The van der Waals surface area contributed by atoms with Crippen LogP contribution in [0.2, 0.25) is 0 Å². The van der Waals surface area contributed by atoms with E-state index in [2.05, 4.69) is 69.7 Å². The van der Waals surface area contributed by atoms with Gasteiger partial charge in [0, 0.05) is 65.1 Å². The molecule has 0 amide bonds. The second-order valence-corrected chi connectivity index (χ2v) is 7.32. The van der Waals surface area contributed by atoms with E-state index in [0.717, 1.165) is 77.8 Å². The summed E-state index contributed by atoms with van der Waals surface area (Å²) in [6, 6.07) is 11.4. The first-order valence-electron chi connectivity index (χ1n) is 10.8. The summed E-state index contributed by atoms with van der Waals surface area (Å²) >= 11 is 0. The van der Waals surface area contributed by atoms with Gasteiger partial charge in [-0.3, -0.25) is 9.89 Å². The van der Waals surface area contributed by atoms with Gasteiger partial charge in [-0.25, -0.2) is 0 Å². The van der Waals surface area contributed by atoms with Crippen molar-refractivity contribution in [1.82, 2.24) is 20.4 Å². The Labute approximate surface area is 194 Å². The third-order valence-electron chi connectivity index (χ3n) is 5.06. The number of likely N-dealkylation sites (N-methyl/N-ethyl adjacent to an activating group) is 1. The summed E-state index contributed by atoms with van der Waals surface area (Å²) in [5, 5.41) is 6.81. The minimum Gasteiger partial charge on any atom is -0.382 e. The number of nitrogens with one attached hydrogen (secondary N) is 2.